The number of aromatic nitrogens is 2. The molecule has 166 valence electrons. The molecule has 2 aromatic carbocycles. The van der Waals surface area contributed by atoms with Crippen molar-refractivity contribution in [2.24, 2.45) is 0 Å². The van der Waals surface area contributed by atoms with E-state index < -0.39 is 0 Å². The van der Waals surface area contributed by atoms with Gasteiger partial charge in [0.2, 0.25) is 5.82 Å². The van der Waals surface area contributed by atoms with Crippen LogP contribution in [0.5, 0.6) is 0 Å². The van der Waals surface area contributed by atoms with E-state index in [-0.39, 0.29) is 11.9 Å². The van der Waals surface area contributed by atoms with Crippen LogP contribution in [0.3, 0.4) is 0 Å². The van der Waals surface area contributed by atoms with Gasteiger partial charge in [-0.05, 0) is 72.4 Å². The van der Waals surface area contributed by atoms with E-state index in [0.29, 0.717) is 16.8 Å². The molecule has 0 bridgehead atoms. The number of halogens is 1. The summed E-state index contributed by atoms with van der Waals surface area (Å²) in [6.07, 6.45) is 0.961. The minimum Gasteiger partial charge on any atom is -0.351 e. The number of allylic oxidation sites excluding steroid dienone is 1. The lowest BCUT2D eigenvalue weighted by Crippen LogP contribution is -2.46. The molecule has 0 radical (unpaired) electrons. The average molecular weight is 477 g/mol. The molecule has 1 aliphatic heterocycles. The van der Waals surface area contributed by atoms with Gasteiger partial charge < -0.3 is 9.84 Å². The topological polar surface area (TPSA) is 54.2 Å². The van der Waals surface area contributed by atoms with Gasteiger partial charge in [0.05, 0.1) is 16.5 Å². The van der Waals surface area contributed by atoms with Crippen LogP contribution >= 0.6 is 23.6 Å². The zero-order chi connectivity index (χ0) is 22.9. The molecule has 1 unspecified atom stereocenters. The summed E-state index contributed by atoms with van der Waals surface area (Å²) < 4.78 is 19.4. The van der Waals surface area contributed by atoms with Gasteiger partial charge in [0, 0.05) is 11.4 Å². The Morgan fingerprint density at radius 3 is 2.55 bits per heavy atom. The van der Waals surface area contributed by atoms with E-state index in [2.05, 4.69) is 41.7 Å². The molecule has 3 heterocycles. The van der Waals surface area contributed by atoms with Crippen LogP contribution in [0.25, 0.3) is 16.3 Å². The maximum Gasteiger partial charge on any atom is 0.258 e. The first-order valence-electron chi connectivity index (χ1n) is 10.6. The Balaban J connectivity index is 1.64. The van der Waals surface area contributed by atoms with E-state index in [9.17, 15) is 4.39 Å². The van der Waals surface area contributed by atoms with Crippen LogP contribution in [0.1, 0.15) is 36.9 Å². The lowest BCUT2D eigenvalue weighted by molar-refractivity contribution is 0.404. The second-order valence-electron chi connectivity index (χ2n) is 7.69. The molecule has 0 spiro atoms. The van der Waals surface area contributed by atoms with Gasteiger partial charge in [-0.3, -0.25) is 4.90 Å². The Bertz CT molecular complexity index is 1310. The summed E-state index contributed by atoms with van der Waals surface area (Å²) in [6, 6.07) is 18.2. The SMILES string of the molecule is CCc1ccc(N2C(=S)NC(c3ccc(F)cc3)C(c3nc(-c4cccs4)no3)=C2C)cc1. The number of hydrogen-bond donors (Lipinski definition) is 1. The third-order valence-corrected chi connectivity index (χ3v) is 6.86. The van der Waals surface area contributed by atoms with Gasteiger partial charge in [-0.1, -0.05) is 42.4 Å². The predicted octanol–water partition coefficient (Wildman–Crippen LogP) is 6.37. The largest absolute Gasteiger partial charge is 0.351 e. The van der Waals surface area contributed by atoms with Crippen molar-refractivity contribution in [1.82, 2.24) is 15.5 Å². The van der Waals surface area contributed by atoms with Crippen molar-refractivity contribution in [2.75, 3.05) is 4.90 Å². The molecule has 0 saturated heterocycles. The van der Waals surface area contributed by atoms with E-state index in [1.54, 1.807) is 23.5 Å². The fourth-order valence-electron chi connectivity index (χ4n) is 3.96. The Morgan fingerprint density at radius 1 is 1.12 bits per heavy atom. The van der Waals surface area contributed by atoms with Crippen molar-refractivity contribution >= 4 is 39.9 Å². The summed E-state index contributed by atoms with van der Waals surface area (Å²) in [4.78, 5) is 7.59. The Kier molecular flexibility index (Phi) is 5.78. The highest BCUT2D eigenvalue weighted by atomic mass is 32.1. The van der Waals surface area contributed by atoms with Gasteiger partial charge in [-0.25, -0.2) is 4.39 Å². The number of thiocarbonyl (C=S) groups is 1. The third kappa shape index (κ3) is 4.07. The van der Waals surface area contributed by atoms with Crippen molar-refractivity contribution in [3.8, 4) is 10.7 Å². The Hall–Kier alpha value is -3.36. The van der Waals surface area contributed by atoms with Crippen LogP contribution < -0.4 is 10.2 Å². The number of hydrogen-bond acceptors (Lipinski definition) is 5. The number of aryl methyl sites for hydroxylation is 1. The van der Waals surface area contributed by atoms with E-state index >= 15 is 0 Å². The van der Waals surface area contributed by atoms with Gasteiger partial charge >= 0.3 is 0 Å². The standard InChI is InChI=1S/C25H21FN4OS2/c1-3-16-6-12-19(13-7-16)30-15(2)21(24-28-23(29-31-24)20-5-4-14-33-20)22(27-25(30)32)17-8-10-18(26)11-9-17/h4-14,22H,3H2,1-2H3,(H,27,32). The third-order valence-electron chi connectivity index (χ3n) is 5.69. The first-order valence-corrected chi connectivity index (χ1v) is 11.9. The fraction of sp³-hybridized carbons (Fsp3) is 0.160. The van der Waals surface area contributed by atoms with Gasteiger partial charge in [-0.15, -0.1) is 11.3 Å². The molecular weight excluding hydrogens is 455 g/mol. The van der Waals surface area contributed by atoms with Gasteiger partial charge in [0.25, 0.3) is 5.89 Å². The first kappa shape index (κ1) is 21.5. The van der Waals surface area contributed by atoms with Crippen molar-refractivity contribution in [1.29, 1.82) is 0 Å². The second-order valence-corrected chi connectivity index (χ2v) is 9.02. The minimum atomic E-state index is -0.360. The number of thiophene rings is 1. The van der Waals surface area contributed by atoms with Crippen molar-refractivity contribution in [3.63, 3.8) is 0 Å². The molecule has 1 aliphatic rings. The number of anilines is 1. The highest BCUT2D eigenvalue weighted by Crippen LogP contribution is 2.39. The number of rotatable bonds is 5. The number of nitrogens with one attached hydrogen (secondary N) is 1. The first-order chi connectivity index (χ1) is 16.0. The smallest absolute Gasteiger partial charge is 0.258 e. The molecule has 0 amide bonds. The van der Waals surface area contributed by atoms with Gasteiger partial charge in [0.1, 0.15) is 5.82 Å². The van der Waals surface area contributed by atoms with Crippen molar-refractivity contribution in [2.45, 2.75) is 26.3 Å². The molecule has 1 atom stereocenters. The quantitative estimate of drug-likeness (QED) is 0.338. The predicted molar refractivity (Wildman–Crippen MR) is 133 cm³/mol. The summed E-state index contributed by atoms with van der Waals surface area (Å²) in [6.45, 7) is 4.11. The average Bonchev–Trinajstić information content (AvgIpc) is 3.52. The highest BCUT2D eigenvalue weighted by molar-refractivity contribution is 7.80. The van der Waals surface area contributed by atoms with Crippen LogP contribution in [-0.2, 0) is 6.42 Å². The maximum absolute atomic E-state index is 13.6. The zero-order valence-electron chi connectivity index (χ0n) is 18.1. The van der Waals surface area contributed by atoms with Crippen molar-refractivity contribution < 1.29 is 8.91 Å². The Labute approximate surface area is 200 Å². The molecule has 5 nitrogen and oxygen atoms in total. The molecular formula is C25H21FN4OS2. The molecule has 5 rings (SSSR count). The van der Waals surface area contributed by atoms with Crippen LogP contribution in [0.15, 0.2) is 76.3 Å². The van der Waals surface area contributed by atoms with E-state index in [4.69, 9.17) is 21.7 Å². The summed E-state index contributed by atoms with van der Waals surface area (Å²) in [5.74, 6) is 0.635. The summed E-state index contributed by atoms with van der Waals surface area (Å²) in [5.41, 5.74) is 4.71. The summed E-state index contributed by atoms with van der Waals surface area (Å²) in [7, 11) is 0. The monoisotopic (exact) mass is 476 g/mol. The van der Waals surface area contributed by atoms with Gasteiger partial charge in [-0.2, -0.15) is 4.98 Å². The summed E-state index contributed by atoms with van der Waals surface area (Å²) >= 11 is 7.31. The molecule has 8 heteroatoms. The van der Waals surface area contributed by atoms with E-state index in [0.717, 1.165) is 33.8 Å². The Morgan fingerprint density at radius 2 is 1.88 bits per heavy atom. The number of benzene rings is 2. The maximum atomic E-state index is 13.6. The van der Waals surface area contributed by atoms with Crippen LogP contribution in [-0.4, -0.2) is 15.3 Å². The van der Waals surface area contributed by atoms with Crippen LogP contribution in [0, 0.1) is 5.82 Å². The normalized spacial score (nSPS) is 16.3. The second kappa shape index (κ2) is 8.88. The fourth-order valence-corrected chi connectivity index (χ4v) is 4.97. The molecule has 0 aliphatic carbocycles. The van der Waals surface area contributed by atoms with Crippen molar-refractivity contribution in [3.05, 3.63) is 94.6 Å². The molecule has 0 fully saturated rings. The highest BCUT2D eigenvalue weighted by Gasteiger charge is 2.34. The van der Waals surface area contributed by atoms with Crippen LogP contribution in [0.2, 0.25) is 0 Å². The molecule has 2 aromatic heterocycles. The molecule has 4 aromatic rings. The molecule has 33 heavy (non-hydrogen) atoms. The molecule has 0 saturated carbocycles. The zero-order valence-corrected chi connectivity index (χ0v) is 19.7. The van der Waals surface area contributed by atoms with E-state index in [1.807, 2.05) is 29.3 Å². The van der Waals surface area contributed by atoms with E-state index in [1.165, 1.54) is 17.7 Å². The minimum absolute atomic E-state index is 0.296. The van der Waals surface area contributed by atoms with Crippen LogP contribution in [0.4, 0.5) is 10.1 Å². The molecule has 1 N–H and O–H groups in total. The summed E-state index contributed by atoms with van der Waals surface area (Å²) in [5, 5.41) is 10.1. The van der Waals surface area contributed by atoms with Gasteiger partial charge in [0.15, 0.2) is 5.11 Å². The number of nitrogens with zero attached hydrogens (tertiary/aromatic N) is 3. The lowest BCUT2D eigenvalue weighted by atomic mass is 9.94. The lowest BCUT2D eigenvalue weighted by Gasteiger charge is -2.37.